The van der Waals surface area contributed by atoms with E-state index in [9.17, 15) is 19.2 Å². The monoisotopic (exact) mass is 549 g/mol. The second kappa shape index (κ2) is 13.2. The number of methoxy groups -OCH3 is 1. The van der Waals surface area contributed by atoms with Crippen molar-refractivity contribution in [2.45, 2.75) is 59.0 Å². The van der Waals surface area contributed by atoms with Crippen LogP contribution in [0.4, 0.5) is 4.79 Å². The molecule has 2 heterocycles. The van der Waals surface area contributed by atoms with E-state index >= 15 is 0 Å². The Morgan fingerprint density at radius 1 is 1.15 bits per heavy atom. The van der Waals surface area contributed by atoms with Crippen LogP contribution < -0.4 is 10.9 Å². The maximum absolute atomic E-state index is 13.3. The number of ether oxygens (including phenoxy) is 1. The van der Waals surface area contributed by atoms with E-state index in [1.54, 1.807) is 38.5 Å². The van der Waals surface area contributed by atoms with E-state index in [1.807, 2.05) is 12.1 Å². The number of carbonyl (C=O) groups excluding carboxylic acids is 3. The lowest BCUT2D eigenvalue weighted by Crippen LogP contribution is -2.42. The van der Waals surface area contributed by atoms with Gasteiger partial charge in [0.1, 0.15) is 5.82 Å². The van der Waals surface area contributed by atoms with Gasteiger partial charge in [-0.15, -0.1) is 0 Å². The number of H-pyrrole nitrogens is 1. The SMILES string of the molecule is COC(=O)N[C@@H](CC/C=C/C(=O)N(C)C)C(=O)Cc1cccn(Cc2nc3c(CC(C)(C)C)cccc3[nH]2)c1=O. The summed E-state index contributed by atoms with van der Waals surface area (Å²) >= 11 is 0. The molecule has 0 fully saturated rings. The van der Waals surface area contributed by atoms with Crippen LogP contribution >= 0.6 is 0 Å². The minimum Gasteiger partial charge on any atom is -0.453 e. The fourth-order valence-electron chi connectivity index (χ4n) is 4.36. The van der Waals surface area contributed by atoms with E-state index in [1.165, 1.54) is 22.7 Å². The Hall–Kier alpha value is -4.21. The molecule has 0 saturated carbocycles. The summed E-state index contributed by atoms with van der Waals surface area (Å²) in [7, 11) is 4.50. The number of amides is 2. The molecule has 10 heteroatoms. The Bertz CT molecular complexity index is 1440. The van der Waals surface area contributed by atoms with E-state index in [2.05, 4.69) is 41.9 Å². The Kier molecular flexibility index (Phi) is 10.0. The number of para-hydroxylation sites is 1. The van der Waals surface area contributed by atoms with Crippen molar-refractivity contribution in [3.05, 3.63) is 76.0 Å². The third-order valence-electron chi connectivity index (χ3n) is 6.34. The fraction of sp³-hybridized carbons (Fsp3) is 0.433. The number of likely N-dealkylation sites (N-methyl/N-ethyl adjacent to an activating group) is 1. The number of hydrogen-bond acceptors (Lipinski definition) is 6. The van der Waals surface area contributed by atoms with Gasteiger partial charge in [-0.2, -0.15) is 0 Å². The van der Waals surface area contributed by atoms with Gasteiger partial charge in [-0.05, 0) is 48.4 Å². The van der Waals surface area contributed by atoms with Crippen LogP contribution in [0.25, 0.3) is 11.0 Å². The first-order chi connectivity index (χ1) is 18.9. The molecule has 1 aromatic carbocycles. The molecule has 2 N–H and O–H groups in total. The average molecular weight is 550 g/mol. The number of pyridine rings is 1. The fourth-order valence-corrected chi connectivity index (χ4v) is 4.36. The number of imidazole rings is 1. The molecule has 2 amide bonds. The Labute approximate surface area is 234 Å². The van der Waals surface area contributed by atoms with Crippen LogP contribution in [-0.4, -0.2) is 64.5 Å². The van der Waals surface area contributed by atoms with Crippen molar-refractivity contribution in [1.82, 2.24) is 24.8 Å². The van der Waals surface area contributed by atoms with Gasteiger partial charge >= 0.3 is 6.09 Å². The molecule has 40 heavy (non-hydrogen) atoms. The van der Waals surface area contributed by atoms with Crippen LogP contribution in [0.5, 0.6) is 0 Å². The average Bonchev–Trinajstić information content (AvgIpc) is 3.30. The van der Waals surface area contributed by atoms with Crippen molar-refractivity contribution in [2.75, 3.05) is 21.2 Å². The molecule has 3 aromatic rings. The number of nitrogens with zero attached hydrogens (tertiary/aromatic N) is 3. The summed E-state index contributed by atoms with van der Waals surface area (Å²) in [6.07, 6.45) is 5.32. The number of carbonyl (C=O) groups is 3. The van der Waals surface area contributed by atoms with E-state index in [4.69, 9.17) is 4.98 Å². The van der Waals surface area contributed by atoms with Crippen LogP contribution in [0.1, 0.15) is 50.6 Å². The van der Waals surface area contributed by atoms with Crippen LogP contribution in [-0.2, 0) is 33.7 Å². The van der Waals surface area contributed by atoms with Gasteiger partial charge in [0, 0.05) is 32.3 Å². The van der Waals surface area contributed by atoms with Crippen molar-refractivity contribution >= 4 is 28.8 Å². The standard InChI is InChI=1S/C30H39N5O5/c1-30(2,3)18-21-11-9-14-23-27(21)33-25(31-23)19-35-16-10-12-20(28(35)38)17-24(36)22(32-29(39)40-6)13-7-8-15-26(37)34(4)5/h8-12,14-16,22H,7,13,17-19H2,1-6H3,(H,31,33)(H,32,39)/b15-8+/t22-/m0/s1. The number of aromatic amines is 1. The highest BCUT2D eigenvalue weighted by atomic mass is 16.5. The van der Waals surface area contributed by atoms with Crippen LogP contribution in [0.2, 0.25) is 0 Å². The molecule has 0 aliphatic heterocycles. The number of Topliss-reactive ketones (excluding diaryl/α,β-unsaturated/α-hetero) is 1. The number of allylic oxidation sites excluding steroid dienone is 1. The van der Waals surface area contributed by atoms with Gasteiger partial charge in [0.25, 0.3) is 5.56 Å². The van der Waals surface area contributed by atoms with Gasteiger partial charge < -0.3 is 24.5 Å². The van der Waals surface area contributed by atoms with Crippen molar-refractivity contribution in [2.24, 2.45) is 5.41 Å². The van der Waals surface area contributed by atoms with Crippen molar-refractivity contribution in [1.29, 1.82) is 0 Å². The Balaban J connectivity index is 1.76. The third-order valence-corrected chi connectivity index (χ3v) is 6.34. The molecular formula is C30H39N5O5. The minimum atomic E-state index is -0.878. The first kappa shape index (κ1) is 30.3. The molecule has 0 spiro atoms. The Morgan fingerprint density at radius 3 is 2.55 bits per heavy atom. The van der Waals surface area contributed by atoms with Gasteiger partial charge in [-0.1, -0.05) is 45.0 Å². The number of ketones is 1. The van der Waals surface area contributed by atoms with Gasteiger partial charge in [0.15, 0.2) is 5.78 Å². The predicted octanol–water partition coefficient (Wildman–Crippen LogP) is 3.62. The van der Waals surface area contributed by atoms with Crippen molar-refractivity contribution in [3.8, 4) is 0 Å². The highest BCUT2D eigenvalue weighted by Crippen LogP contribution is 2.25. The van der Waals surface area contributed by atoms with Gasteiger partial charge in [-0.3, -0.25) is 14.4 Å². The van der Waals surface area contributed by atoms with Gasteiger partial charge in [0.05, 0.1) is 30.7 Å². The minimum absolute atomic E-state index is 0.103. The lowest BCUT2D eigenvalue weighted by molar-refractivity contribution is -0.123. The van der Waals surface area contributed by atoms with Gasteiger partial charge in [-0.25, -0.2) is 9.78 Å². The van der Waals surface area contributed by atoms with Crippen LogP contribution in [0, 0.1) is 5.41 Å². The smallest absolute Gasteiger partial charge is 0.407 e. The zero-order valence-electron chi connectivity index (χ0n) is 24.1. The van der Waals surface area contributed by atoms with E-state index in [-0.39, 0.29) is 42.1 Å². The number of hydrogen-bond donors (Lipinski definition) is 2. The topological polar surface area (TPSA) is 126 Å². The largest absolute Gasteiger partial charge is 0.453 e. The van der Waals surface area contributed by atoms with Crippen molar-refractivity contribution < 1.29 is 19.1 Å². The zero-order valence-corrected chi connectivity index (χ0v) is 24.1. The molecule has 3 rings (SSSR count). The van der Waals surface area contributed by atoms with Crippen LogP contribution in [0.15, 0.2) is 53.5 Å². The summed E-state index contributed by atoms with van der Waals surface area (Å²) in [5.41, 5.74) is 3.06. The molecule has 10 nitrogen and oxygen atoms in total. The lowest BCUT2D eigenvalue weighted by atomic mass is 9.88. The molecule has 0 aliphatic carbocycles. The van der Waals surface area contributed by atoms with Crippen molar-refractivity contribution in [3.63, 3.8) is 0 Å². The molecule has 0 aliphatic rings. The van der Waals surface area contributed by atoms with E-state index in [0.29, 0.717) is 17.8 Å². The lowest BCUT2D eigenvalue weighted by Gasteiger charge is -2.18. The normalized spacial score (nSPS) is 12.4. The number of aromatic nitrogens is 3. The molecule has 0 saturated heterocycles. The molecular weight excluding hydrogens is 510 g/mol. The van der Waals surface area contributed by atoms with E-state index in [0.717, 1.165) is 23.0 Å². The second-order valence-corrected chi connectivity index (χ2v) is 11.2. The first-order valence-electron chi connectivity index (χ1n) is 13.3. The van der Waals surface area contributed by atoms with E-state index < -0.39 is 12.1 Å². The maximum atomic E-state index is 13.3. The number of fused-ring (bicyclic) bond motifs is 1. The molecule has 0 unspecified atom stereocenters. The summed E-state index contributed by atoms with van der Waals surface area (Å²) in [4.78, 5) is 59.6. The van der Waals surface area contributed by atoms with Gasteiger partial charge in [0.2, 0.25) is 5.91 Å². The number of alkyl carbamates (subject to hydrolysis) is 1. The highest BCUT2D eigenvalue weighted by molar-refractivity contribution is 5.89. The summed E-state index contributed by atoms with van der Waals surface area (Å²) in [5.74, 6) is 0.137. The summed E-state index contributed by atoms with van der Waals surface area (Å²) in [5, 5.41) is 2.54. The zero-order chi connectivity index (χ0) is 29.4. The highest BCUT2D eigenvalue weighted by Gasteiger charge is 2.22. The summed E-state index contributed by atoms with van der Waals surface area (Å²) in [6.45, 7) is 6.76. The molecule has 0 bridgehead atoms. The third kappa shape index (κ3) is 8.39. The predicted molar refractivity (Wildman–Crippen MR) is 154 cm³/mol. The summed E-state index contributed by atoms with van der Waals surface area (Å²) in [6, 6.07) is 8.49. The second-order valence-electron chi connectivity index (χ2n) is 11.2. The number of rotatable bonds is 11. The number of benzene rings is 1. The summed E-state index contributed by atoms with van der Waals surface area (Å²) < 4.78 is 6.18. The quantitative estimate of drug-likeness (QED) is 0.352. The molecule has 2 aromatic heterocycles. The van der Waals surface area contributed by atoms with Crippen LogP contribution in [0.3, 0.4) is 0 Å². The first-order valence-corrected chi connectivity index (χ1v) is 13.3. The molecule has 0 radical (unpaired) electrons. The molecule has 1 atom stereocenters. The molecule has 214 valence electrons. The Morgan fingerprint density at radius 2 is 1.88 bits per heavy atom. The number of nitrogens with one attached hydrogen (secondary N) is 2. The maximum Gasteiger partial charge on any atom is 0.407 e.